The topological polar surface area (TPSA) is 114 Å². The molecule has 43 heavy (non-hydrogen) atoms. The van der Waals surface area contributed by atoms with Gasteiger partial charge in [-0.3, -0.25) is 13.9 Å². The van der Waals surface area contributed by atoms with Gasteiger partial charge in [0.05, 0.1) is 6.54 Å². The van der Waals surface area contributed by atoms with Crippen LogP contribution in [-0.4, -0.2) is 61.6 Å². The number of anilines is 1. The van der Waals surface area contributed by atoms with Gasteiger partial charge in [-0.05, 0) is 38.3 Å². The summed E-state index contributed by atoms with van der Waals surface area (Å²) in [6.45, 7) is 5.49. The lowest BCUT2D eigenvalue weighted by Crippen LogP contribution is -2.43. The van der Waals surface area contributed by atoms with Crippen molar-refractivity contribution in [1.29, 1.82) is 0 Å². The molecule has 5 rings (SSSR count). The standard InChI is InChI=1S/C25H29F3N6O2.C2HF3O2/c1-15(2)8-10-33-20-21(30-23(33)32-11-9-16-12-29-13-19(16)32)31(3)24(36)34(22(20)35)14-25(27,28)17-4-6-18(26)7-5-17;3-2(4,5)1(6)7/h4-8,16,19,29H,9-14H2,1-3H3;(H,6,7)/t16-,19+;/m0./s1. The Kier molecular flexibility index (Phi) is 8.81. The fourth-order valence-corrected chi connectivity index (χ4v) is 5.25. The third-order valence-electron chi connectivity index (χ3n) is 7.46. The molecule has 2 saturated heterocycles. The fraction of sp³-hybridized carbons (Fsp3) is 0.481. The summed E-state index contributed by atoms with van der Waals surface area (Å²) in [6.07, 6.45) is -2.16. The van der Waals surface area contributed by atoms with Gasteiger partial charge in [-0.25, -0.2) is 14.0 Å². The first kappa shape index (κ1) is 31.8. The van der Waals surface area contributed by atoms with Crippen molar-refractivity contribution in [3.63, 3.8) is 0 Å². The molecule has 4 heterocycles. The number of nitrogens with zero attached hydrogens (tertiary/aromatic N) is 5. The number of hydrogen-bond donors (Lipinski definition) is 2. The van der Waals surface area contributed by atoms with Crippen molar-refractivity contribution in [2.24, 2.45) is 13.0 Å². The molecule has 2 N–H and O–H groups in total. The van der Waals surface area contributed by atoms with Crippen LogP contribution in [0, 0.1) is 11.7 Å². The van der Waals surface area contributed by atoms with Crippen molar-refractivity contribution in [3.05, 3.63) is 68.1 Å². The molecule has 10 nitrogen and oxygen atoms in total. The molecule has 0 unspecified atom stereocenters. The lowest BCUT2D eigenvalue weighted by Gasteiger charge is -2.25. The zero-order valence-corrected chi connectivity index (χ0v) is 23.5. The van der Waals surface area contributed by atoms with Gasteiger partial charge < -0.3 is 19.9 Å². The number of allylic oxidation sites excluding steroid dienone is 2. The Morgan fingerprint density at radius 3 is 2.30 bits per heavy atom. The van der Waals surface area contributed by atoms with Gasteiger partial charge in [-0.15, -0.1) is 0 Å². The third kappa shape index (κ3) is 6.48. The number of carboxylic acids is 1. The summed E-state index contributed by atoms with van der Waals surface area (Å²) in [5, 5.41) is 10.5. The molecule has 0 spiro atoms. The average Bonchev–Trinajstić information content (AvgIpc) is 3.63. The molecule has 2 atom stereocenters. The largest absolute Gasteiger partial charge is 0.490 e. The number of fused-ring (bicyclic) bond motifs is 2. The SMILES string of the molecule is CC(C)=CCn1c(N2CC[C@H]3CNC[C@H]32)nc2c1c(=O)n(CC(F)(F)c1ccc(F)cc1)c(=O)n2C.O=C(O)C(F)(F)F. The van der Waals surface area contributed by atoms with Crippen molar-refractivity contribution < 1.29 is 36.2 Å². The predicted octanol–water partition coefficient (Wildman–Crippen LogP) is 3.23. The maximum atomic E-state index is 15.1. The Morgan fingerprint density at radius 2 is 1.72 bits per heavy atom. The minimum atomic E-state index is -5.08. The number of imidazole rings is 1. The smallest absolute Gasteiger partial charge is 0.475 e. The normalized spacial score (nSPS) is 18.4. The number of aliphatic carboxylic acids is 1. The van der Waals surface area contributed by atoms with E-state index in [0.29, 0.717) is 23.0 Å². The number of aromatic nitrogens is 4. The molecule has 0 radical (unpaired) electrons. The number of aryl methyl sites for hydroxylation is 1. The molecule has 2 fully saturated rings. The van der Waals surface area contributed by atoms with E-state index in [0.717, 1.165) is 60.5 Å². The molecular formula is C27H30F6N6O4. The second kappa shape index (κ2) is 11.9. The highest BCUT2D eigenvalue weighted by atomic mass is 19.4. The molecule has 2 aliphatic heterocycles. The van der Waals surface area contributed by atoms with Crippen molar-refractivity contribution in [2.45, 2.75) is 51.5 Å². The lowest BCUT2D eigenvalue weighted by molar-refractivity contribution is -0.192. The first-order chi connectivity index (χ1) is 20.0. The second-order valence-corrected chi connectivity index (χ2v) is 10.7. The maximum absolute atomic E-state index is 15.1. The summed E-state index contributed by atoms with van der Waals surface area (Å²) in [6, 6.07) is 3.99. The highest BCUT2D eigenvalue weighted by Gasteiger charge is 2.41. The molecule has 3 aromatic rings. The zero-order chi connectivity index (χ0) is 31.9. The van der Waals surface area contributed by atoms with E-state index in [1.807, 2.05) is 19.9 Å². The van der Waals surface area contributed by atoms with Gasteiger partial charge >= 0.3 is 17.8 Å². The van der Waals surface area contributed by atoms with Gasteiger partial charge in [0.1, 0.15) is 5.82 Å². The number of halogens is 6. The number of rotatable bonds is 6. The van der Waals surface area contributed by atoms with E-state index >= 15 is 8.78 Å². The van der Waals surface area contributed by atoms with E-state index in [2.05, 4.69) is 10.2 Å². The molecule has 0 saturated carbocycles. The van der Waals surface area contributed by atoms with Crippen molar-refractivity contribution in [1.82, 2.24) is 24.0 Å². The summed E-state index contributed by atoms with van der Waals surface area (Å²) >= 11 is 0. The van der Waals surface area contributed by atoms with Crippen molar-refractivity contribution in [3.8, 4) is 0 Å². The van der Waals surface area contributed by atoms with Crippen LogP contribution in [0.15, 0.2) is 45.5 Å². The van der Waals surface area contributed by atoms with Gasteiger partial charge in [-0.1, -0.05) is 23.8 Å². The van der Waals surface area contributed by atoms with E-state index in [1.165, 1.54) is 7.05 Å². The van der Waals surface area contributed by atoms with Gasteiger partial charge in [0, 0.05) is 44.8 Å². The van der Waals surface area contributed by atoms with Crippen LogP contribution in [-0.2, 0) is 30.9 Å². The molecule has 16 heteroatoms. The van der Waals surface area contributed by atoms with E-state index in [1.54, 1.807) is 4.57 Å². The minimum absolute atomic E-state index is 0.105. The highest BCUT2D eigenvalue weighted by Crippen LogP contribution is 2.33. The number of carbonyl (C=O) groups is 1. The number of hydrogen-bond acceptors (Lipinski definition) is 6. The van der Waals surface area contributed by atoms with Crippen LogP contribution in [0.4, 0.5) is 32.3 Å². The molecule has 0 bridgehead atoms. The summed E-state index contributed by atoms with van der Waals surface area (Å²) in [7, 11) is 1.43. The predicted molar refractivity (Wildman–Crippen MR) is 145 cm³/mol. The van der Waals surface area contributed by atoms with E-state index < -0.39 is 47.2 Å². The Bertz CT molecular complexity index is 1650. The maximum Gasteiger partial charge on any atom is 0.490 e. The molecule has 0 aliphatic carbocycles. The number of benzene rings is 1. The second-order valence-electron chi connectivity index (χ2n) is 10.7. The molecule has 234 valence electrons. The number of carboxylic acid groups (broad SMARTS) is 1. The zero-order valence-electron chi connectivity index (χ0n) is 23.5. The van der Waals surface area contributed by atoms with Crippen LogP contribution in [0.25, 0.3) is 11.2 Å². The molecule has 2 aliphatic rings. The average molecular weight is 617 g/mol. The van der Waals surface area contributed by atoms with Crippen LogP contribution < -0.4 is 21.5 Å². The van der Waals surface area contributed by atoms with Crippen LogP contribution in [0.3, 0.4) is 0 Å². The van der Waals surface area contributed by atoms with E-state index in [9.17, 15) is 27.2 Å². The highest BCUT2D eigenvalue weighted by molar-refractivity contribution is 5.75. The van der Waals surface area contributed by atoms with Gasteiger partial charge in [-0.2, -0.15) is 26.9 Å². The van der Waals surface area contributed by atoms with Crippen LogP contribution in [0.5, 0.6) is 0 Å². The van der Waals surface area contributed by atoms with Gasteiger partial charge in [0.15, 0.2) is 11.2 Å². The molecule has 1 aromatic carbocycles. The van der Waals surface area contributed by atoms with Crippen LogP contribution >= 0.6 is 0 Å². The minimum Gasteiger partial charge on any atom is -0.475 e. The summed E-state index contributed by atoms with van der Waals surface area (Å²) in [5.74, 6) is -5.94. The van der Waals surface area contributed by atoms with Crippen LogP contribution in [0.2, 0.25) is 0 Å². The summed E-state index contributed by atoms with van der Waals surface area (Å²) in [4.78, 5) is 42.5. The first-order valence-electron chi connectivity index (χ1n) is 13.3. The monoisotopic (exact) mass is 616 g/mol. The first-order valence-corrected chi connectivity index (χ1v) is 13.3. The van der Waals surface area contributed by atoms with E-state index in [-0.39, 0.29) is 17.2 Å². The fourth-order valence-electron chi connectivity index (χ4n) is 5.25. The Hall–Kier alpha value is -4.08. The van der Waals surface area contributed by atoms with E-state index in [4.69, 9.17) is 14.9 Å². The van der Waals surface area contributed by atoms with Crippen molar-refractivity contribution >= 4 is 23.1 Å². The Morgan fingerprint density at radius 1 is 1.09 bits per heavy atom. The number of nitrogens with one attached hydrogen (secondary N) is 1. The van der Waals surface area contributed by atoms with Gasteiger partial charge in [0.2, 0.25) is 5.95 Å². The number of alkyl halides is 5. The Balaban J connectivity index is 0.000000541. The quantitative estimate of drug-likeness (QED) is 0.323. The summed E-state index contributed by atoms with van der Waals surface area (Å²) < 4.78 is 78.7. The molecule has 0 amide bonds. The molecular weight excluding hydrogens is 586 g/mol. The Labute approximate surface area is 240 Å². The lowest BCUT2D eigenvalue weighted by atomic mass is 10.1. The van der Waals surface area contributed by atoms with Crippen LogP contribution in [0.1, 0.15) is 25.8 Å². The van der Waals surface area contributed by atoms with Gasteiger partial charge in [0.25, 0.3) is 11.5 Å². The molecule has 2 aromatic heterocycles. The summed E-state index contributed by atoms with van der Waals surface area (Å²) in [5.41, 5.74) is -0.886. The van der Waals surface area contributed by atoms with Crippen molar-refractivity contribution in [2.75, 3.05) is 24.5 Å². The third-order valence-corrected chi connectivity index (χ3v) is 7.46.